The van der Waals surface area contributed by atoms with Crippen LogP contribution in [0.15, 0.2) is 33.6 Å². The molecule has 5 nitrogen and oxygen atoms in total. The monoisotopic (exact) mass is 383 g/mol. The molecular weight excluding hydrogens is 364 g/mol. The number of alkyl halides is 2. The first kappa shape index (κ1) is 20.0. The highest BCUT2D eigenvalue weighted by molar-refractivity contribution is 7.99. The second-order valence-corrected chi connectivity index (χ2v) is 6.72. The molecule has 0 radical (unpaired) electrons. The minimum atomic E-state index is -2.51. The van der Waals surface area contributed by atoms with Gasteiger partial charge < -0.3 is 14.5 Å². The van der Waals surface area contributed by atoms with Crippen LogP contribution in [0.2, 0.25) is 0 Å². The number of furan rings is 1. The molecule has 1 amide bonds. The molecule has 0 saturated carbocycles. The maximum Gasteiger partial charge on any atom is 0.342 e. The highest BCUT2D eigenvalue weighted by Crippen LogP contribution is 2.26. The summed E-state index contributed by atoms with van der Waals surface area (Å²) in [5, 5.41) is 2.58. The molecule has 0 spiro atoms. The Morgan fingerprint density at radius 2 is 1.73 bits per heavy atom. The van der Waals surface area contributed by atoms with Gasteiger partial charge in [-0.2, -0.15) is 8.78 Å². The number of carbonyl (C=O) groups excluding carboxylic acids is 2. The van der Waals surface area contributed by atoms with E-state index >= 15 is 0 Å². The summed E-state index contributed by atoms with van der Waals surface area (Å²) >= 11 is 0.419. The second kappa shape index (κ2) is 8.35. The first-order valence-electron chi connectivity index (χ1n) is 7.82. The van der Waals surface area contributed by atoms with Gasteiger partial charge in [-0.1, -0.05) is 11.8 Å². The van der Waals surface area contributed by atoms with Gasteiger partial charge in [0.1, 0.15) is 17.1 Å². The molecule has 2 aromatic rings. The molecule has 0 fully saturated rings. The quantitative estimate of drug-likeness (QED) is 0.578. The highest BCUT2D eigenvalue weighted by atomic mass is 32.2. The number of halogens is 2. The van der Waals surface area contributed by atoms with Gasteiger partial charge in [-0.05, 0) is 52.0 Å². The van der Waals surface area contributed by atoms with Crippen molar-refractivity contribution in [2.24, 2.45) is 0 Å². The number of hydrogen-bond donors (Lipinski definition) is 1. The fraction of sp³-hybridized carbons (Fsp3) is 0.333. The van der Waals surface area contributed by atoms with Gasteiger partial charge in [0.15, 0.2) is 6.10 Å². The summed E-state index contributed by atoms with van der Waals surface area (Å²) in [6.45, 7) is 6.59. The summed E-state index contributed by atoms with van der Waals surface area (Å²) in [5.41, 5.74) is 1.41. The van der Waals surface area contributed by atoms with Gasteiger partial charge in [0.05, 0.1) is 0 Å². The summed E-state index contributed by atoms with van der Waals surface area (Å²) < 4.78 is 35.2. The molecule has 8 heteroatoms. The van der Waals surface area contributed by atoms with Crippen LogP contribution in [0.25, 0.3) is 0 Å². The lowest BCUT2D eigenvalue weighted by Crippen LogP contribution is -2.30. The Morgan fingerprint density at radius 1 is 1.12 bits per heavy atom. The molecule has 2 rings (SSSR count). The number of esters is 1. The largest absolute Gasteiger partial charge is 0.465 e. The fourth-order valence-corrected chi connectivity index (χ4v) is 2.83. The van der Waals surface area contributed by atoms with Gasteiger partial charge in [-0.25, -0.2) is 4.79 Å². The number of benzene rings is 1. The third-order valence-corrected chi connectivity index (χ3v) is 4.49. The lowest BCUT2D eigenvalue weighted by atomic mass is 10.1. The van der Waals surface area contributed by atoms with Gasteiger partial charge in [-0.15, -0.1) is 0 Å². The van der Waals surface area contributed by atoms with E-state index in [-0.39, 0.29) is 0 Å². The lowest BCUT2D eigenvalue weighted by Gasteiger charge is -2.14. The van der Waals surface area contributed by atoms with Crippen LogP contribution in [0.3, 0.4) is 0 Å². The highest BCUT2D eigenvalue weighted by Gasteiger charge is 2.24. The van der Waals surface area contributed by atoms with Crippen molar-refractivity contribution in [1.29, 1.82) is 0 Å². The van der Waals surface area contributed by atoms with Crippen molar-refractivity contribution in [1.82, 2.24) is 0 Å². The third-order valence-electron chi connectivity index (χ3n) is 3.77. The summed E-state index contributed by atoms with van der Waals surface area (Å²) in [6, 6.07) is 5.96. The van der Waals surface area contributed by atoms with E-state index in [0.717, 1.165) is 0 Å². The molecule has 0 saturated heterocycles. The molecule has 1 heterocycles. The van der Waals surface area contributed by atoms with Gasteiger partial charge in [0, 0.05) is 16.1 Å². The molecule has 0 aliphatic rings. The first-order chi connectivity index (χ1) is 12.2. The molecule has 0 aliphatic carbocycles. The van der Waals surface area contributed by atoms with E-state index in [9.17, 15) is 18.4 Å². The molecule has 26 heavy (non-hydrogen) atoms. The average molecular weight is 383 g/mol. The molecule has 0 bridgehead atoms. The Labute approximate surface area is 154 Å². The number of carbonyl (C=O) groups is 2. The van der Waals surface area contributed by atoms with Crippen molar-refractivity contribution in [2.75, 3.05) is 5.32 Å². The summed E-state index contributed by atoms with van der Waals surface area (Å²) in [4.78, 5) is 24.8. The van der Waals surface area contributed by atoms with Crippen LogP contribution in [0.5, 0.6) is 0 Å². The Bertz CT molecular complexity index is 802. The Morgan fingerprint density at radius 3 is 2.23 bits per heavy atom. The summed E-state index contributed by atoms with van der Waals surface area (Å²) in [6.07, 6.45) is -1.04. The van der Waals surface area contributed by atoms with Crippen molar-refractivity contribution >= 4 is 29.3 Å². The van der Waals surface area contributed by atoms with Crippen molar-refractivity contribution in [3.8, 4) is 0 Å². The SMILES string of the molecule is Cc1oc(C)c(C(=O)O[C@@H](C)C(=O)Nc2ccc(SC(F)F)cc2)c1C. The number of rotatable bonds is 6. The van der Waals surface area contributed by atoms with Crippen LogP contribution in [-0.4, -0.2) is 23.7 Å². The van der Waals surface area contributed by atoms with Crippen LogP contribution >= 0.6 is 11.8 Å². The van der Waals surface area contributed by atoms with Crippen LogP contribution in [0.1, 0.15) is 34.4 Å². The Balaban J connectivity index is 1.98. The number of aryl methyl sites for hydroxylation is 2. The van der Waals surface area contributed by atoms with E-state index in [0.29, 0.717) is 45.0 Å². The summed E-state index contributed by atoms with van der Waals surface area (Å²) in [7, 11) is 0. The Kier molecular flexibility index (Phi) is 6.42. The van der Waals surface area contributed by atoms with Crippen LogP contribution in [-0.2, 0) is 9.53 Å². The number of nitrogens with one attached hydrogen (secondary N) is 1. The van der Waals surface area contributed by atoms with Gasteiger partial charge >= 0.3 is 5.97 Å². The van der Waals surface area contributed by atoms with Gasteiger partial charge in [-0.3, -0.25) is 4.79 Å². The zero-order valence-corrected chi connectivity index (χ0v) is 15.6. The molecule has 1 aromatic carbocycles. The molecule has 1 aromatic heterocycles. The number of amides is 1. The van der Waals surface area contributed by atoms with E-state index in [1.165, 1.54) is 31.2 Å². The fourth-order valence-electron chi connectivity index (χ4n) is 2.33. The predicted octanol–water partition coefficient (Wildman–Crippen LogP) is 4.70. The smallest absolute Gasteiger partial charge is 0.342 e. The van der Waals surface area contributed by atoms with Crippen LogP contribution in [0.4, 0.5) is 14.5 Å². The third kappa shape index (κ3) is 4.85. The zero-order chi connectivity index (χ0) is 19.4. The molecule has 1 N–H and O–H groups in total. The minimum Gasteiger partial charge on any atom is -0.465 e. The number of hydrogen-bond acceptors (Lipinski definition) is 5. The number of anilines is 1. The Hall–Kier alpha value is -2.35. The van der Waals surface area contributed by atoms with Crippen LogP contribution in [0, 0.1) is 20.8 Å². The maximum atomic E-state index is 12.3. The van der Waals surface area contributed by atoms with E-state index in [1.54, 1.807) is 20.8 Å². The first-order valence-corrected chi connectivity index (χ1v) is 8.70. The molecule has 0 unspecified atom stereocenters. The average Bonchev–Trinajstić information content (AvgIpc) is 2.81. The van der Waals surface area contributed by atoms with E-state index in [4.69, 9.17) is 9.15 Å². The standard InChI is InChI=1S/C18H19F2NO4S/c1-9-10(2)24-11(3)15(9)17(23)25-12(4)16(22)21-13-5-7-14(8-6-13)26-18(19)20/h5-8,12,18H,1-4H3,(H,21,22)/t12-/m0/s1. The lowest BCUT2D eigenvalue weighted by molar-refractivity contribution is -0.123. The normalized spacial score (nSPS) is 12.1. The van der Waals surface area contributed by atoms with Crippen LogP contribution < -0.4 is 5.32 Å². The minimum absolute atomic E-state index is 0.315. The van der Waals surface area contributed by atoms with Gasteiger partial charge in [0.2, 0.25) is 0 Å². The van der Waals surface area contributed by atoms with Crippen molar-refractivity contribution < 1.29 is 27.5 Å². The van der Waals surface area contributed by atoms with E-state index in [1.807, 2.05) is 0 Å². The van der Waals surface area contributed by atoms with E-state index < -0.39 is 23.7 Å². The zero-order valence-electron chi connectivity index (χ0n) is 14.8. The number of ether oxygens (including phenoxy) is 1. The predicted molar refractivity (Wildman–Crippen MR) is 94.7 cm³/mol. The van der Waals surface area contributed by atoms with Crippen molar-refractivity contribution in [2.45, 2.75) is 44.5 Å². The second-order valence-electron chi connectivity index (χ2n) is 5.65. The molecule has 0 aliphatic heterocycles. The molecule has 1 atom stereocenters. The van der Waals surface area contributed by atoms with Gasteiger partial charge in [0.25, 0.3) is 11.7 Å². The number of thioether (sulfide) groups is 1. The summed E-state index contributed by atoms with van der Waals surface area (Å²) in [5.74, 6) is -2.61. The van der Waals surface area contributed by atoms with Crippen molar-refractivity contribution in [3.63, 3.8) is 0 Å². The maximum absolute atomic E-state index is 12.3. The van der Waals surface area contributed by atoms with E-state index in [2.05, 4.69) is 5.32 Å². The topological polar surface area (TPSA) is 68.5 Å². The van der Waals surface area contributed by atoms with Crippen molar-refractivity contribution in [3.05, 3.63) is 46.9 Å². The molecule has 140 valence electrons. The molecular formula is C18H19F2NO4S.